The normalized spacial score (nSPS) is 9.83. The van der Waals surface area contributed by atoms with Gasteiger partial charge in [0, 0.05) is 12.3 Å². The number of aryl methyl sites for hydroxylation is 1. The van der Waals surface area contributed by atoms with E-state index in [1.165, 1.54) is 5.56 Å². The molecule has 0 fully saturated rings. The van der Waals surface area contributed by atoms with Crippen molar-refractivity contribution in [1.29, 1.82) is 0 Å². The minimum absolute atomic E-state index is 0.247. The average molecular weight is 166 g/mol. The molecule has 0 saturated heterocycles. The molecule has 3 heteroatoms. The van der Waals surface area contributed by atoms with Gasteiger partial charge in [-0.15, -0.1) is 0 Å². The Kier molecular flexibility index (Phi) is 3.57. The van der Waals surface area contributed by atoms with Crippen LogP contribution in [0.1, 0.15) is 12.0 Å². The summed E-state index contributed by atoms with van der Waals surface area (Å²) in [6.45, 7) is 0.247. The fraction of sp³-hybridized carbons (Fsp3) is 0.333. The van der Waals surface area contributed by atoms with Crippen LogP contribution in [0.3, 0.4) is 0 Å². The summed E-state index contributed by atoms with van der Waals surface area (Å²) >= 11 is 0. The van der Waals surface area contributed by atoms with Crippen LogP contribution in [0.25, 0.3) is 0 Å². The molecule has 0 saturated carbocycles. The van der Waals surface area contributed by atoms with Crippen molar-refractivity contribution >= 4 is 5.69 Å². The molecule has 1 aromatic rings. The van der Waals surface area contributed by atoms with Gasteiger partial charge in [0.25, 0.3) is 0 Å². The van der Waals surface area contributed by atoms with Crippen LogP contribution >= 0.6 is 0 Å². The predicted octanol–water partition coefficient (Wildman–Crippen LogP) is 0.897. The largest absolute Gasteiger partial charge is 0.396 e. The Balaban J connectivity index is 2.53. The highest BCUT2D eigenvalue weighted by atomic mass is 16.2. The minimum Gasteiger partial charge on any atom is -0.396 e. The van der Waals surface area contributed by atoms with Crippen LogP contribution in [0.2, 0.25) is 0 Å². The highest BCUT2D eigenvalue weighted by Crippen LogP contribution is 2.09. The summed E-state index contributed by atoms with van der Waals surface area (Å²) in [5.41, 5.74) is 4.69. The van der Waals surface area contributed by atoms with Crippen molar-refractivity contribution in [3.05, 3.63) is 29.8 Å². The van der Waals surface area contributed by atoms with Gasteiger partial charge in [0.15, 0.2) is 0 Å². The van der Waals surface area contributed by atoms with E-state index < -0.39 is 0 Å². The summed E-state index contributed by atoms with van der Waals surface area (Å²) in [6.07, 6.45) is 1.73. The lowest BCUT2D eigenvalue weighted by atomic mass is 10.1. The monoisotopic (exact) mass is 166 g/mol. The van der Waals surface area contributed by atoms with Crippen LogP contribution in [0.15, 0.2) is 24.3 Å². The number of hydrazine groups is 1. The van der Waals surface area contributed by atoms with Crippen molar-refractivity contribution in [3.8, 4) is 0 Å². The van der Waals surface area contributed by atoms with Crippen LogP contribution in [-0.4, -0.2) is 11.7 Å². The molecule has 3 nitrogen and oxygen atoms in total. The highest BCUT2D eigenvalue weighted by molar-refractivity contribution is 5.43. The number of nitrogens with two attached hydrogens (primary N) is 1. The third kappa shape index (κ3) is 2.53. The number of aliphatic hydroxyl groups excluding tert-OH is 1. The molecule has 1 rings (SSSR count). The van der Waals surface area contributed by atoms with Gasteiger partial charge in [-0.05, 0) is 30.5 Å². The fourth-order valence-electron chi connectivity index (χ4n) is 1.05. The zero-order chi connectivity index (χ0) is 8.81. The average Bonchev–Trinajstić information content (AvgIpc) is 2.15. The smallest absolute Gasteiger partial charge is 0.0485 e. The van der Waals surface area contributed by atoms with E-state index in [4.69, 9.17) is 10.9 Å². The number of hydrogen-bond donors (Lipinski definition) is 3. The van der Waals surface area contributed by atoms with E-state index in [-0.39, 0.29) is 6.61 Å². The van der Waals surface area contributed by atoms with Gasteiger partial charge in [-0.25, -0.2) is 0 Å². The van der Waals surface area contributed by atoms with Crippen molar-refractivity contribution in [2.45, 2.75) is 12.8 Å². The standard InChI is InChI=1S/C9H14N2O/c10-11-9-5-3-8(4-6-9)2-1-7-12/h3-6,11-12H,1-2,7,10H2. The van der Waals surface area contributed by atoms with Crippen molar-refractivity contribution in [2.75, 3.05) is 12.0 Å². The number of rotatable bonds is 4. The molecule has 0 aliphatic heterocycles. The Morgan fingerprint density at radius 1 is 1.25 bits per heavy atom. The molecule has 0 aliphatic carbocycles. The van der Waals surface area contributed by atoms with E-state index in [2.05, 4.69) is 5.43 Å². The Morgan fingerprint density at radius 3 is 2.42 bits per heavy atom. The molecule has 0 aromatic heterocycles. The zero-order valence-corrected chi connectivity index (χ0v) is 6.96. The lowest BCUT2D eigenvalue weighted by molar-refractivity contribution is 0.288. The van der Waals surface area contributed by atoms with Gasteiger partial charge in [-0.1, -0.05) is 12.1 Å². The Hall–Kier alpha value is -1.06. The molecule has 0 unspecified atom stereocenters. The molecule has 0 radical (unpaired) electrons. The maximum Gasteiger partial charge on any atom is 0.0485 e. The number of hydrogen-bond acceptors (Lipinski definition) is 3. The maximum absolute atomic E-state index is 8.60. The molecule has 4 N–H and O–H groups in total. The van der Waals surface area contributed by atoms with E-state index >= 15 is 0 Å². The number of benzene rings is 1. The van der Waals surface area contributed by atoms with Gasteiger partial charge >= 0.3 is 0 Å². The number of aliphatic hydroxyl groups is 1. The van der Waals surface area contributed by atoms with Crippen molar-refractivity contribution < 1.29 is 5.11 Å². The topological polar surface area (TPSA) is 58.3 Å². The molecule has 12 heavy (non-hydrogen) atoms. The summed E-state index contributed by atoms with van der Waals surface area (Å²) < 4.78 is 0. The first kappa shape index (κ1) is 9.03. The van der Waals surface area contributed by atoms with Crippen molar-refractivity contribution in [3.63, 3.8) is 0 Å². The summed E-state index contributed by atoms with van der Waals surface area (Å²) in [5.74, 6) is 5.21. The Labute approximate surface area is 72.2 Å². The van der Waals surface area contributed by atoms with Gasteiger partial charge in [-0.3, -0.25) is 5.84 Å². The second-order valence-electron chi connectivity index (χ2n) is 2.67. The predicted molar refractivity (Wildman–Crippen MR) is 49.7 cm³/mol. The molecule has 1 aromatic carbocycles. The first-order chi connectivity index (χ1) is 5.86. The SMILES string of the molecule is NNc1ccc(CCCO)cc1. The van der Waals surface area contributed by atoms with Gasteiger partial charge in [0.1, 0.15) is 0 Å². The number of anilines is 1. The lowest BCUT2D eigenvalue weighted by Gasteiger charge is -2.01. The van der Waals surface area contributed by atoms with E-state index in [0.29, 0.717) is 0 Å². The van der Waals surface area contributed by atoms with Gasteiger partial charge in [0.05, 0.1) is 0 Å². The van der Waals surface area contributed by atoms with Crippen LogP contribution in [-0.2, 0) is 6.42 Å². The van der Waals surface area contributed by atoms with Crippen LogP contribution in [0.5, 0.6) is 0 Å². The molecule has 0 aliphatic rings. The molecule has 0 spiro atoms. The number of nitrogens with one attached hydrogen (secondary N) is 1. The third-order valence-electron chi connectivity index (χ3n) is 1.74. The minimum atomic E-state index is 0.247. The highest BCUT2D eigenvalue weighted by Gasteiger charge is 1.92. The van der Waals surface area contributed by atoms with Crippen LogP contribution in [0, 0.1) is 0 Å². The third-order valence-corrected chi connectivity index (χ3v) is 1.74. The van der Waals surface area contributed by atoms with Gasteiger partial charge in [0.2, 0.25) is 0 Å². The first-order valence-corrected chi connectivity index (χ1v) is 4.03. The quantitative estimate of drug-likeness (QED) is 0.460. The second-order valence-corrected chi connectivity index (χ2v) is 2.67. The zero-order valence-electron chi connectivity index (χ0n) is 6.96. The van der Waals surface area contributed by atoms with Crippen molar-refractivity contribution in [2.24, 2.45) is 5.84 Å². The van der Waals surface area contributed by atoms with E-state index in [0.717, 1.165) is 18.5 Å². The molecular formula is C9H14N2O. The van der Waals surface area contributed by atoms with Gasteiger partial charge < -0.3 is 10.5 Å². The van der Waals surface area contributed by atoms with E-state index in [9.17, 15) is 0 Å². The molecular weight excluding hydrogens is 152 g/mol. The lowest BCUT2D eigenvalue weighted by Crippen LogP contribution is -2.06. The van der Waals surface area contributed by atoms with E-state index in [1.54, 1.807) is 0 Å². The number of nitrogen functional groups attached to an aromatic ring is 1. The Bertz CT molecular complexity index is 220. The van der Waals surface area contributed by atoms with E-state index in [1.807, 2.05) is 24.3 Å². The van der Waals surface area contributed by atoms with Crippen LogP contribution in [0.4, 0.5) is 5.69 Å². The fourth-order valence-corrected chi connectivity index (χ4v) is 1.05. The molecule has 0 bridgehead atoms. The summed E-state index contributed by atoms with van der Waals surface area (Å²) in [6, 6.07) is 7.86. The van der Waals surface area contributed by atoms with Crippen LogP contribution < -0.4 is 11.3 Å². The summed E-state index contributed by atoms with van der Waals surface area (Å²) in [5, 5.41) is 8.60. The second kappa shape index (κ2) is 4.74. The summed E-state index contributed by atoms with van der Waals surface area (Å²) in [7, 11) is 0. The van der Waals surface area contributed by atoms with Crippen molar-refractivity contribution in [1.82, 2.24) is 0 Å². The first-order valence-electron chi connectivity index (χ1n) is 4.03. The summed E-state index contributed by atoms with van der Waals surface area (Å²) in [4.78, 5) is 0. The maximum atomic E-state index is 8.60. The van der Waals surface area contributed by atoms with Gasteiger partial charge in [-0.2, -0.15) is 0 Å². The molecule has 0 atom stereocenters. The Morgan fingerprint density at radius 2 is 1.92 bits per heavy atom. The molecule has 0 amide bonds. The molecule has 66 valence electrons. The molecule has 0 heterocycles.